The van der Waals surface area contributed by atoms with Gasteiger partial charge in [0.2, 0.25) is 6.54 Å². The summed E-state index contributed by atoms with van der Waals surface area (Å²) in [6.45, 7) is 2.05. The number of carbonyl (C=O) groups is 1. The first kappa shape index (κ1) is 37.5. The first-order valence-electron chi connectivity index (χ1n) is 15.6. The van der Waals surface area contributed by atoms with Crippen LogP contribution in [0.2, 0.25) is 0 Å². The van der Waals surface area contributed by atoms with Crippen molar-refractivity contribution in [2.24, 2.45) is 0 Å². The van der Waals surface area contributed by atoms with Crippen molar-refractivity contribution in [2.75, 3.05) is 25.6 Å². The lowest BCUT2D eigenvalue weighted by molar-refractivity contribution is -0.684. The van der Waals surface area contributed by atoms with Gasteiger partial charge in [0.15, 0.2) is 12.4 Å². The maximum absolute atomic E-state index is 12.6. The molecule has 3 N–H and O–H groups in total. The summed E-state index contributed by atoms with van der Waals surface area (Å²) in [7, 11) is 4.04. The van der Waals surface area contributed by atoms with Crippen LogP contribution in [0, 0.1) is 0 Å². The van der Waals surface area contributed by atoms with Crippen LogP contribution in [0.1, 0.15) is 95.1 Å². The molecule has 0 unspecified atom stereocenters. The van der Waals surface area contributed by atoms with Gasteiger partial charge >= 0.3 is 0 Å². The molecule has 0 saturated heterocycles. The third-order valence-corrected chi connectivity index (χ3v) is 7.38. The van der Waals surface area contributed by atoms with E-state index in [1.807, 2.05) is 50.8 Å². The normalized spacial score (nSPS) is 12.8. The van der Waals surface area contributed by atoms with E-state index >= 15 is 0 Å². The van der Waals surface area contributed by atoms with Crippen LogP contribution in [-0.4, -0.2) is 49.0 Å². The smallest absolute Gasteiger partial charge is 0.286 e. The summed E-state index contributed by atoms with van der Waals surface area (Å²) >= 11 is 0. The predicted molar refractivity (Wildman–Crippen MR) is 172 cm³/mol. The molecule has 0 fully saturated rings. The lowest BCUT2D eigenvalue weighted by Gasteiger charge is -2.19. The highest BCUT2D eigenvalue weighted by molar-refractivity contribution is 5.75. The van der Waals surface area contributed by atoms with Crippen molar-refractivity contribution in [3.8, 4) is 0 Å². The Bertz CT molecular complexity index is 1020. The van der Waals surface area contributed by atoms with Gasteiger partial charge in [0.05, 0.1) is 18.8 Å². The van der Waals surface area contributed by atoms with Gasteiger partial charge < -0.3 is 37.4 Å². The van der Waals surface area contributed by atoms with Crippen LogP contribution in [0.15, 0.2) is 60.9 Å². The summed E-state index contributed by atoms with van der Waals surface area (Å²) in [6, 6.07) is 11.5. The number of aliphatic hydroxyl groups excluding tert-OH is 2. The zero-order chi connectivity index (χ0) is 29.7. The first-order valence-corrected chi connectivity index (χ1v) is 15.6. The average molecular weight is 645 g/mol. The van der Waals surface area contributed by atoms with E-state index in [4.69, 9.17) is 0 Å². The fourth-order valence-corrected chi connectivity index (χ4v) is 4.71. The number of nitrogens with one attached hydrogen (secondary N) is 1. The molecule has 1 aromatic heterocycles. The van der Waals surface area contributed by atoms with E-state index in [1.165, 1.54) is 64.2 Å². The minimum absolute atomic E-state index is 0. The molecule has 0 aliphatic carbocycles. The number of halogens is 1. The van der Waals surface area contributed by atoms with Crippen LogP contribution >= 0.6 is 0 Å². The monoisotopic (exact) mass is 643 g/mol. The summed E-state index contributed by atoms with van der Waals surface area (Å²) in [5, 5.41) is 22.9. The molecule has 2 atom stereocenters. The van der Waals surface area contributed by atoms with Crippen molar-refractivity contribution in [2.45, 2.75) is 103 Å². The molecule has 0 radical (unpaired) electrons. The van der Waals surface area contributed by atoms with E-state index in [-0.39, 0.29) is 36.0 Å². The number of unbranched alkanes of at least 4 members (excludes halogenated alkanes) is 11. The molecule has 0 aliphatic rings. The van der Waals surface area contributed by atoms with E-state index in [2.05, 4.69) is 47.5 Å². The zero-order valence-electron chi connectivity index (χ0n) is 26.1. The summed E-state index contributed by atoms with van der Waals surface area (Å²) in [4.78, 5) is 14.6. The summed E-state index contributed by atoms with van der Waals surface area (Å²) < 4.78 is 1.78. The van der Waals surface area contributed by atoms with Crippen LogP contribution < -0.4 is 31.8 Å². The number of hydrogen-bond donors (Lipinski definition) is 3. The number of aliphatic hydroxyl groups is 2. The van der Waals surface area contributed by atoms with Crippen molar-refractivity contribution >= 4 is 23.7 Å². The second kappa shape index (κ2) is 23.0. The molecule has 7 heteroatoms. The zero-order valence-corrected chi connectivity index (χ0v) is 27.6. The third kappa shape index (κ3) is 16.2. The van der Waals surface area contributed by atoms with Crippen LogP contribution in [0.25, 0.3) is 12.2 Å². The lowest BCUT2D eigenvalue weighted by atomic mass is 10.0. The van der Waals surface area contributed by atoms with Crippen LogP contribution in [0.5, 0.6) is 0 Å². The van der Waals surface area contributed by atoms with E-state index < -0.39 is 12.1 Å². The lowest BCUT2D eigenvalue weighted by Crippen LogP contribution is -3.00. The molecule has 1 aromatic carbocycles. The highest BCUT2D eigenvalue weighted by Gasteiger charge is 2.20. The summed E-state index contributed by atoms with van der Waals surface area (Å²) in [5.41, 5.74) is 3.31. The van der Waals surface area contributed by atoms with E-state index in [1.54, 1.807) is 10.6 Å². The number of amides is 1. The molecule has 1 heterocycles. The van der Waals surface area contributed by atoms with Gasteiger partial charge in [-0.1, -0.05) is 108 Å². The Labute approximate surface area is 265 Å². The predicted octanol–water partition coefficient (Wildman–Crippen LogP) is 3.31. The van der Waals surface area contributed by atoms with Gasteiger partial charge in [-0.2, -0.15) is 4.57 Å². The van der Waals surface area contributed by atoms with E-state index in [0.29, 0.717) is 0 Å². The fourth-order valence-electron chi connectivity index (χ4n) is 4.71. The van der Waals surface area contributed by atoms with Crippen molar-refractivity contribution in [3.05, 3.63) is 72.1 Å². The van der Waals surface area contributed by atoms with Gasteiger partial charge in [0.25, 0.3) is 5.91 Å². The number of aromatic nitrogens is 1. The van der Waals surface area contributed by atoms with Crippen molar-refractivity contribution < 1.29 is 36.6 Å². The maximum Gasteiger partial charge on any atom is 0.286 e. The Hall–Kier alpha value is -2.48. The molecule has 234 valence electrons. The van der Waals surface area contributed by atoms with Gasteiger partial charge in [-0.3, -0.25) is 4.79 Å². The number of allylic oxidation sites excluding steroid dienone is 1. The molecule has 1 amide bonds. The SMILES string of the molecule is CCCCCCCCCCCCC/C=C/[C@@H](O)[C@H](CO)NC(=O)C[n+]1ccc(/C=C/c2ccc(N(C)C)cc2)cc1.[Br-]. The van der Waals surface area contributed by atoms with Gasteiger partial charge in [-0.25, -0.2) is 0 Å². The molecular formula is C35H54BrN3O3. The Morgan fingerprint density at radius 3 is 1.90 bits per heavy atom. The average Bonchev–Trinajstić information content (AvgIpc) is 2.98. The Balaban J connectivity index is 0.00000882. The molecule has 0 spiro atoms. The molecule has 6 nitrogen and oxygen atoms in total. The summed E-state index contributed by atoms with van der Waals surface area (Å²) in [5.74, 6) is -0.254. The number of benzene rings is 1. The minimum atomic E-state index is -0.916. The largest absolute Gasteiger partial charge is 1.00 e. The Kier molecular flexibility index (Phi) is 20.6. The standard InChI is InChI=1S/C35H53N3O3.BrH/c1-4-5-6-7-8-9-10-11-12-13-14-15-16-17-34(40)33(29-39)36-35(41)28-38-26-24-31(25-27-38)19-18-30-20-22-32(23-21-30)37(2)3;/h16-27,33-34,39-40H,4-15,28-29H2,1-3H3;1H/b17-16+;/t33-,34+;/m0./s1. The minimum Gasteiger partial charge on any atom is -1.00 e. The molecule has 42 heavy (non-hydrogen) atoms. The third-order valence-electron chi connectivity index (χ3n) is 7.38. The topological polar surface area (TPSA) is 76.7 Å². The molecule has 2 aromatic rings. The maximum atomic E-state index is 12.6. The van der Waals surface area contributed by atoms with Crippen LogP contribution in [0.3, 0.4) is 0 Å². The van der Waals surface area contributed by atoms with Crippen molar-refractivity contribution in [1.82, 2.24) is 5.32 Å². The molecule has 0 saturated carbocycles. The van der Waals surface area contributed by atoms with Gasteiger partial charge in [0.1, 0.15) is 0 Å². The number of pyridine rings is 1. The number of rotatable bonds is 21. The second-order valence-electron chi connectivity index (χ2n) is 11.2. The number of anilines is 1. The second-order valence-corrected chi connectivity index (χ2v) is 11.2. The van der Waals surface area contributed by atoms with Gasteiger partial charge in [-0.05, 0) is 36.1 Å². The van der Waals surface area contributed by atoms with Crippen LogP contribution in [0.4, 0.5) is 5.69 Å². The number of carbonyl (C=O) groups excluding carboxylic acids is 1. The molecule has 2 rings (SSSR count). The molecule has 0 aliphatic heterocycles. The first-order chi connectivity index (χ1) is 19.9. The van der Waals surface area contributed by atoms with Crippen LogP contribution in [-0.2, 0) is 11.3 Å². The fraction of sp³-hybridized carbons (Fsp3) is 0.543. The highest BCUT2D eigenvalue weighted by Crippen LogP contribution is 2.15. The van der Waals surface area contributed by atoms with E-state index in [0.717, 1.165) is 29.7 Å². The van der Waals surface area contributed by atoms with E-state index in [9.17, 15) is 15.0 Å². The summed E-state index contributed by atoms with van der Waals surface area (Å²) in [6.07, 6.45) is 25.8. The number of hydrogen-bond acceptors (Lipinski definition) is 4. The Morgan fingerprint density at radius 1 is 0.857 bits per heavy atom. The molecule has 0 bridgehead atoms. The van der Waals surface area contributed by atoms with Crippen molar-refractivity contribution in [1.29, 1.82) is 0 Å². The number of nitrogens with zero attached hydrogens (tertiary/aromatic N) is 2. The van der Waals surface area contributed by atoms with Gasteiger partial charge in [0, 0.05) is 31.9 Å². The quantitative estimate of drug-likeness (QED) is 0.111. The molecular weight excluding hydrogens is 590 g/mol. The van der Waals surface area contributed by atoms with Gasteiger partial charge in [-0.15, -0.1) is 0 Å². The van der Waals surface area contributed by atoms with Crippen molar-refractivity contribution in [3.63, 3.8) is 0 Å². The highest BCUT2D eigenvalue weighted by atomic mass is 79.9. The Morgan fingerprint density at radius 2 is 1.38 bits per heavy atom.